The summed E-state index contributed by atoms with van der Waals surface area (Å²) < 4.78 is 23.5. The van der Waals surface area contributed by atoms with Crippen molar-refractivity contribution in [1.29, 1.82) is 0 Å². The molecule has 4 unspecified atom stereocenters. The molecule has 2 aliphatic rings. The van der Waals surface area contributed by atoms with Crippen LogP contribution in [0.2, 0.25) is 0 Å². The summed E-state index contributed by atoms with van der Waals surface area (Å²) in [5, 5.41) is 26.0. The summed E-state index contributed by atoms with van der Waals surface area (Å²) in [7, 11) is 0. The molecule has 11 heteroatoms. The van der Waals surface area contributed by atoms with Crippen LogP contribution in [0.15, 0.2) is 0 Å². The Balaban J connectivity index is 2.30. The van der Waals surface area contributed by atoms with E-state index in [-0.39, 0.29) is 5.91 Å². The average Bonchev–Trinajstić information content (AvgIpc) is 2.66. The lowest BCUT2D eigenvalue weighted by Crippen LogP contribution is -2.70. The first-order valence-electron chi connectivity index (χ1n) is 10.3. The zero-order chi connectivity index (χ0) is 22.6. The van der Waals surface area contributed by atoms with Gasteiger partial charge in [0, 0.05) is 20.5 Å². The van der Waals surface area contributed by atoms with Gasteiger partial charge in [0.25, 0.3) is 0 Å². The third kappa shape index (κ3) is 5.88. The molecule has 0 saturated carbocycles. The smallest absolute Gasteiger partial charge is 0.217 e. The molecule has 0 aliphatic carbocycles. The number of rotatable bonds is 7. The summed E-state index contributed by atoms with van der Waals surface area (Å²) in [4.78, 5) is 23.5. The molecule has 6 N–H and O–H groups in total. The van der Waals surface area contributed by atoms with Gasteiger partial charge < -0.3 is 45.5 Å². The molecule has 0 bridgehead atoms. The third-order valence-electron chi connectivity index (χ3n) is 5.28. The fourth-order valence-corrected chi connectivity index (χ4v) is 3.67. The van der Waals surface area contributed by atoms with E-state index in [0.29, 0.717) is 6.61 Å². The predicted octanol–water partition coefficient (Wildman–Crippen LogP) is -1.65. The van der Waals surface area contributed by atoms with E-state index in [9.17, 15) is 19.8 Å². The number of aliphatic hydroxyl groups excluding tert-OH is 2. The summed E-state index contributed by atoms with van der Waals surface area (Å²) in [6, 6.07) is -2.45. The van der Waals surface area contributed by atoms with E-state index >= 15 is 0 Å². The Hall–Kier alpha value is -1.34. The molecule has 174 valence electrons. The number of carbonyl (C=O) groups is 2. The van der Waals surface area contributed by atoms with Crippen LogP contribution >= 0.6 is 0 Å². The Bertz CT molecular complexity index is 594. The SMILES string of the molecule is CCCO[C@@H]1OC(C)[C@H](N)[C@H](O[C@@H]2OC(C)[C@H](O)[C@H](O)C2NC(C)=O)C1NC(C)=O. The second-order valence-electron chi connectivity index (χ2n) is 7.90. The maximum absolute atomic E-state index is 11.8. The Morgan fingerprint density at radius 3 is 2.10 bits per heavy atom. The van der Waals surface area contributed by atoms with Crippen molar-refractivity contribution in [2.45, 2.75) is 102 Å². The molecule has 0 radical (unpaired) electrons. The molecule has 2 fully saturated rings. The van der Waals surface area contributed by atoms with Crippen molar-refractivity contribution in [2.24, 2.45) is 5.73 Å². The van der Waals surface area contributed by atoms with Crippen LogP contribution in [0.25, 0.3) is 0 Å². The monoisotopic (exact) mass is 433 g/mol. The Morgan fingerprint density at radius 2 is 1.53 bits per heavy atom. The average molecular weight is 434 g/mol. The lowest BCUT2D eigenvalue weighted by Gasteiger charge is -2.48. The quantitative estimate of drug-likeness (QED) is 0.317. The van der Waals surface area contributed by atoms with Gasteiger partial charge in [-0.1, -0.05) is 6.92 Å². The van der Waals surface area contributed by atoms with E-state index < -0.39 is 67.1 Å². The van der Waals surface area contributed by atoms with Crippen molar-refractivity contribution >= 4 is 11.8 Å². The Morgan fingerprint density at radius 1 is 0.967 bits per heavy atom. The van der Waals surface area contributed by atoms with Crippen LogP contribution in [0.4, 0.5) is 0 Å². The highest BCUT2D eigenvalue weighted by atomic mass is 16.7. The van der Waals surface area contributed by atoms with Crippen molar-refractivity contribution in [3.8, 4) is 0 Å². The minimum Gasteiger partial charge on any atom is -0.388 e. The molecule has 2 rings (SSSR count). The van der Waals surface area contributed by atoms with Crippen LogP contribution in [-0.4, -0.2) is 89.9 Å². The Kier molecular flexibility index (Phi) is 8.98. The number of amides is 2. The number of nitrogens with one attached hydrogen (secondary N) is 2. The van der Waals surface area contributed by atoms with Crippen LogP contribution in [0.1, 0.15) is 41.0 Å². The summed E-state index contributed by atoms with van der Waals surface area (Å²) in [6.45, 7) is 8.34. The molecule has 0 aromatic heterocycles. The zero-order valence-electron chi connectivity index (χ0n) is 18.1. The van der Waals surface area contributed by atoms with Crippen LogP contribution < -0.4 is 16.4 Å². The van der Waals surface area contributed by atoms with Gasteiger partial charge in [0.1, 0.15) is 30.4 Å². The van der Waals surface area contributed by atoms with Crippen LogP contribution in [-0.2, 0) is 28.5 Å². The summed E-state index contributed by atoms with van der Waals surface area (Å²) in [6.07, 6.45) is -5.73. The lowest BCUT2D eigenvalue weighted by atomic mass is 9.94. The molecule has 2 saturated heterocycles. The van der Waals surface area contributed by atoms with Gasteiger partial charge in [-0.25, -0.2) is 0 Å². The first-order valence-corrected chi connectivity index (χ1v) is 10.3. The zero-order valence-corrected chi connectivity index (χ0v) is 18.1. The van der Waals surface area contributed by atoms with Gasteiger partial charge in [-0.3, -0.25) is 9.59 Å². The molecule has 2 amide bonds. The van der Waals surface area contributed by atoms with E-state index in [4.69, 9.17) is 24.7 Å². The van der Waals surface area contributed by atoms with E-state index in [0.717, 1.165) is 6.42 Å². The Labute approximate surface area is 176 Å². The van der Waals surface area contributed by atoms with Crippen LogP contribution in [0.3, 0.4) is 0 Å². The van der Waals surface area contributed by atoms with Gasteiger partial charge in [-0.15, -0.1) is 0 Å². The fourth-order valence-electron chi connectivity index (χ4n) is 3.67. The molecular formula is C19H35N3O8. The highest BCUT2D eigenvalue weighted by Gasteiger charge is 2.50. The number of carbonyl (C=O) groups excluding carboxylic acids is 2. The highest BCUT2D eigenvalue weighted by molar-refractivity contribution is 5.73. The number of hydrogen-bond acceptors (Lipinski definition) is 9. The largest absolute Gasteiger partial charge is 0.388 e. The summed E-state index contributed by atoms with van der Waals surface area (Å²) >= 11 is 0. The second-order valence-corrected chi connectivity index (χ2v) is 7.90. The maximum atomic E-state index is 11.8. The van der Waals surface area contributed by atoms with E-state index in [1.165, 1.54) is 13.8 Å². The van der Waals surface area contributed by atoms with Crippen molar-refractivity contribution in [2.75, 3.05) is 6.61 Å². The number of hydrogen-bond donors (Lipinski definition) is 5. The van der Waals surface area contributed by atoms with Crippen molar-refractivity contribution in [3.63, 3.8) is 0 Å². The maximum Gasteiger partial charge on any atom is 0.217 e. The van der Waals surface area contributed by atoms with E-state index in [2.05, 4.69) is 10.6 Å². The first-order chi connectivity index (χ1) is 14.1. The van der Waals surface area contributed by atoms with Gasteiger partial charge in [0.05, 0.1) is 18.2 Å². The molecular weight excluding hydrogens is 398 g/mol. The topological polar surface area (TPSA) is 162 Å². The third-order valence-corrected chi connectivity index (χ3v) is 5.28. The van der Waals surface area contributed by atoms with Gasteiger partial charge in [0.15, 0.2) is 12.6 Å². The fraction of sp³-hybridized carbons (Fsp3) is 0.895. The molecule has 0 aromatic carbocycles. The number of nitrogens with two attached hydrogens (primary N) is 1. The van der Waals surface area contributed by atoms with Gasteiger partial charge >= 0.3 is 0 Å². The van der Waals surface area contributed by atoms with Crippen molar-refractivity contribution in [1.82, 2.24) is 10.6 Å². The molecule has 0 aromatic rings. The minimum atomic E-state index is -1.32. The standard InChI is InChI=1S/C19H35N3O8/c1-6-7-27-18-14(22-11(5)24)17(12(20)8(2)28-18)30-19-13(21-10(4)23)16(26)15(25)9(3)29-19/h8-9,12-19,25-26H,6-7,20H2,1-5H3,(H,21,23)(H,22,24)/t8?,9?,12-,13?,14?,15-,16+,17-,18+,19-/m0/s1. The lowest BCUT2D eigenvalue weighted by molar-refractivity contribution is -0.304. The summed E-state index contributed by atoms with van der Waals surface area (Å²) in [5.74, 6) is -0.749. The predicted molar refractivity (Wildman–Crippen MR) is 105 cm³/mol. The van der Waals surface area contributed by atoms with Crippen LogP contribution in [0.5, 0.6) is 0 Å². The number of ether oxygens (including phenoxy) is 4. The minimum absolute atomic E-state index is 0.323. The molecule has 10 atom stereocenters. The van der Waals surface area contributed by atoms with Crippen molar-refractivity contribution in [3.05, 3.63) is 0 Å². The molecule has 0 spiro atoms. The normalized spacial score (nSPS) is 41.9. The van der Waals surface area contributed by atoms with Crippen molar-refractivity contribution < 1.29 is 38.7 Å². The molecule has 11 nitrogen and oxygen atoms in total. The highest BCUT2D eigenvalue weighted by Crippen LogP contribution is 2.29. The first kappa shape index (κ1) is 24.9. The molecule has 2 aliphatic heterocycles. The summed E-state index contributed by atoms with van der Waals surface area (Å²) in [5.41, 5.74) is 6.33. The van der Waals surface area contributed by atoms with Crippen LogP contribution in [0, 0.1) is 0 Å². The molecule has 30 heavy (non-hydrogen) atoms. The second kappa shape index (κ2) is 10.8. The van der Waals surface area contributed by atoms with E-state index in [1.54, 1.807) is 13.8 Å². The van der Waals surface area contributed by atoms with Gasteiger partial charge in [-0.05, 0) is 20.3 Å². The van der Waals surface area contributed by atoms with Gasteiger partial charge in [0.2, 0.25) is 11.8 Å². The van der Waals surface area contributed by atoms with E-state index in [1.807, 2.05) is 6.92 Å². The molecule has 2 heterocycles. The number of aliphatic hydroxyl groups is 2. The van der Waals surface area contributed by atoms with Gasteiger partial charge in [-0.2, -0.15) is 0 Å².